The molecule has 0 aliphatic rings. The van der Waals surface area contributed by atoms with Crippen molar-refractivity contribution in [3.05, 3.63) is 89.5 Å². The van der Waals surface area contributed by atoms with Crippen LogP contribution in [0.3, 0.4) is 0 Å². The van der Waals surface area contributed by atoms with E-state index in [0.29, 0.717) is 22.6 Å². The third kappa shape index (κ3) is 4.27. The number of carbonyl (C=O) groups excluding carboxylic acids is 2. The predicted molar refractivity (Wildman–Crippen MR) is 95.6 cm³/mol. The molecule has 0 radical (unpaired) electrons. The summed E-state index contributed by atoms with van der Waals surface area (Å²) in [7, 11) is 0. The second-order valence-electron chi connectivity index (χ2n) is 5.66. The van der Waals surface area contributed by atoms with Crippen LogP contribution < -0.4 is 9.47 Å². The molecule has 5 nitrogen and oxygen atoms in total. The molecule has 0 bridgehead atoms. The fourth-order valence-corrected chi connectivity index (χ4v) is 2.19. The van der Waals surface area contributed by atoms with Crippen LogP contribution in [0, 0.1) is 6.92 Å². The van der Waals surface area contributed by atoms with Gasteiger partial charge in [0.25, 0.3) is 0 Å². The third-order valence-electron chi connectivity index (χ3n) is 3.64. The Morgan fingerprint density at radius 3 is 1.50 bits per heavy atom. The van der Waals surface area contributed by atoms with Crippen molar-refractivity contribution in [3.8, 4) is 17.2 Å². The lowest BCUT2D eigenvalue weighted by atomic mass is 10.2. The molecule has 5 heteroatoms. The van der Waals surface area contributed by atoms with E-state index in [-0.39, 0.29) is 5.75 Å². The molecule has 3 rings (SSSR count). The molecule has 3 aromatic carbocycles. The Morgan fingerprint density at radius 1 is 0.654 bits per heavy atom. The van der Waals surface area contributed by atoms with Crippen molar-refractivity contribution in [2.24, 2.45) is 0 Å². The average Bonchev–Trinajstić information content (AvgIpc) is 2.64. The molecule has 0 spiro atoms. The molecule has 0 unspecified atom stereocenters. The van der Waals surface area contributed by atoms with E-state index < -0.39 is 11.9 Å². The number of hydrogen-bond donors (Lipinski definition) is 1. The zero-order chi connectivity index (χ0) is 18.5. The number of hydrogen-bond acceptors (Lipinski definition) is 5. The molecule has 26 heavy (non-hydrogen) atoms. The molecule has 0 fully saturated rings. The van der Waals surface area contributed by atoms with Crippen molar-refractivity contribution < 1.29 is 24.2 Å². The van der Waals surface area contributed by atoms with Gasteiger partial charge >= 0.3 is 11.9 Å². The van der Waals surface area contributed by atoms with E-state index in [1.165, 1.54) is 48.5 Å². The second-order valence-corrected chi connectivity index (χ2v) is 5.66. The van der Waals surface area contributed by atoms with Crippen LogP contribution in [0.15, 0.2) is 72.8 Å². The number of benzene rings is 3. The van der Waals surface area contributed by atoms with Crippen molar-refractivity contribution in [1.29, 1.82) is 0 Å². The highest BCUT2D eigenvalue weighted by Gasteiger charge is 2.11. The van der Waals surface area contributed by atoms with Crippen LogP contribution in [0.25, 0.3) is 0 Å². The normalized spacial score (nSPS) is 10.2. The summed E-state index contributed by atoms with van der Waals surface area (Å²) in [5.74, 6) is -0.221. The van der Waals surface area contributed by atoms with E-state index in [1.54, 1.807) is 12.1 Å². The molecule has 0 aliphatic heterocycles. The van der Waals surface area contributed by atoms with Gasteiger partial charge in [-0.2, -0.15) is 0 Å². The van der Waals surface area contributed by atoms with Gasteiger partial charge in [-0.15, -0.1) is 0 Å². The molecule has 3 aromatic rings. The lowest BCUT2D eigenvalue weighted by Gasteiger charge is -2.07. The number of esters is 2. The Morgan fingerprint density at radius 2 is 1.04 bits per heavy atom. The van der Waals surface area contributed by atoms with Crippen LogP contribution in [0.2, 0.25) is 0 Å². The number of phenolic OH excluding ortho intramolecular Hbond substituents is 1. The second kappa shape index (κ2) is 7.53. The Balaban J connectivity index is 1.64. The molecule has 0 heterocycles. The minimum Gasteiger partial charge on any atom is -0.508 e. The maximum Gasteiger partial charge on any atom is 0.343 e. The predicted octanol–water partition coefficient (Wildman–Crippen LogP) is 4.14. The van der Waals surface area contributed by atoms with Gasteiger partial charge in [-0.25, -0.2) is 9.59 Å². The fourth-order valence-electron chi connectivity index (χ4n) is 2.19. The van der Waals surface area contributed by atoms with Crippen molar-refractivity contribution in [1.82, 2.24) is 0 Å². The molecular formula is C21H16O5. The highest BCUT2D eigenvalue weighted by Crippen LogP contribution is 2.18. The summed E-state index contributed by atoms with van der Waals surface area (Å²) in [4.78, 5) is 24.1. The van der Waals surface area contributed by atoms with Gasteiger partial charge in [-0.1, -0.05) is 17.7 Å². The molecule has 0 aromatic heterocycles. The van der Waals surface area contributed by atoms with Crippen LogP contribution >= 0.6 is 0 Å². The van der Waals surface area contributed by atoms with Gasteiger partial charge in [0.05, 0.1) is 11.1 Å². The summed E-state index contributed by atoms with van der Waals surface area (Å²) in [6.07, 6.45) is 0. The molecule has 130 valence electrons. The summed E-state index contributed by atoms with van der Waals surface area (Å²) in [5.41, 5.74) is 1.73. The molecule has 1 N–H and O–H groups in total. The Labute approximate surface area is 150 Å². The van der Waals surface area contributed by atoms with Crippen molar-refractivity contribution in [2.45, 2.75) is 6.92 Å². The topological polar surface area (TPSA) is 72.8 Å². The van der Waals surface area contributed by atoms with Crippen molar-refractivity contribution in [2.75, 3.05) is 0 Å². The Bertz CT molecular complexity index is 910. The Kier molecular flexibility index (Phi) is 4.99. The number of rotatable bonds is 4. The third-order valence-corrected chi connectivity index (χ3v) is 3.64. The molecule has 0 saturated heterocycles. The first-order chi connectivity index (χ1) is 12.5. The quantitative estimate of drug-likeness (QED) is 0.567. The van der Waals surface area contributed by atoms with Gasteiger partial charge in [0.2, 0.25) is 0 Å². The Hall–Kier alpha value is -3.60. The van der Waals surface area contributed by atoms with E-state index >= 15 is 0 Å². The van der Waals surface area contributed by atoms with Gasteiger partial charge in [0.1, 0.15) is 17.2 Å². The van der Waals surface area contributed by atoms with Crippen molar-refractivity contribution >= 4 is 11.9 Å². The van der Waals surface area contributed by atoms with E-state index in [2.05, 4.69) is 0 Å². The van der Waals surface area contributed by atoms with Crippen LogP contribution in [0.1, 0.15) is 26.3 Å². The first kappa shape index (κ1) is 17.2. The number of ether oxygens (including phenoxy) is 2. The maximum atomic E-state index is 12.1. The van der Waals surface area contributed by atoms with E-state index in [1.807, 2.05) is 19.1 Å². The smallest absolute Gasteiger partial charge is 0.343 e. The lowest BCUT2D eigenvalue weighted by molar-refractivity contribution is 0.0730. The average molecular weight is 348 g/mol. The largest absolute Gasteiger partial charge is 0.508 e. The van der Waals surface area contributed by atoms with Crippen LogP contribution in [-0.4, -0.2) is 17.0 Å². The van der Waals surface area contributed by atoms with Crippen molar-refractivity contribution in [3.63, 3.8) is 0 Å². The van der Waals surface area contributed by atoms with Gasteiger partial charge in [-0.3, -0.25) is 0 Å². The molecule has 0 atom stereocenters. The van der Waals surface area contributed by atoms with Gasteiger partial charge in [0, 0.05) is 0 Å². The summed E-state index contributed by atoms with van der Waals surface area (Å²) in [5, 5.41) is 9.23. The summed E-state index contributed by atoms with van der Waals surface area (Å²) in [6.45, 7) is 1.95. The first-order valence-corrected chi connectivity index (χ1v) is 7.91. The monoisotopic (exact) mass is 348 g/mol. The zero-order valence-corrected chi connectivity index (χ0v) is 14.0. The van der Waals surface area contributed by atoms with Gasteiger partial charge in [0.15, 0.2) is 0 Å². The summed E-state index contributed by atoms with van der Waals surface area (Å²) >= 11 is 0. The molecule has 0 aliphatic carbocycles. The number of phenols is 1. The number of aryl methyl sites for hydroxylation is 1. The molecular weight excluding hydrogens is 332 g/mol. The SMILES string of the molecule is Cc1ccc(OC(=O)c2ccc(OC(=O)c3ccc(O)cc3)cc2)cc1. The maximum absolute atomic E-state index is 12.1. The first-order valence-electron chi connectivity index (χ1n) is 7.91. The number of carbonyl (C=O) groups is 2. The van der Waals surface area contributed by atoms with Crippen LogP contribution in [0.4, 0.5) is 0 Å². The van der Waals surface area contributed by atoms with Crippen LogP contribution in [-0.2, 0) is 0 Å². The van der Waals surface area contributed by atoms with Gasteiger partial charge in [-0.05, 0) is 67.6 Å². The lowest BCUT2D eigenvalue weighted by Crippen LogP contribution is -2.10. The molecule has 0 saturated carbocycles. The van der Waals surface area contributed by atoms with E-state index in [4.69, 9.17) is 9.47 Å². The summed E-state index contributed by atoms with van der Waals surface area (Å²) in [6, 6.07) is 19.0. The minimum absolute atomic E-state index is 0.0676. The fraction of sp³-hybridized carbons (Fsp3) is 0.0476. The minimum atomic E-state index is -0.556. The standard InChI is InChI=1S/C21H16O5/c1-14-2-10-18(11-3-14)25-21(24)16-6-12-19(13-7-16)26-20(23)15-4-8-17(22)9-5-15/h2-13,22H,1H3. The van der Waals surface area contributed by atoms with Crippen LogP contribution in [0.5, 0.6) is 17.2 Å². The molecule has 0 amide bonds. The summed E-state index contributed by atoms with van der Waals surface area (Å²) < 4.78 is 10.5. The zero-order valence-electron chi connectivity index (χ0n) is 14.0. The van der Waals surface area contributed by atoms with Gasteiger partial charge < -0.3 is 14.6 Å². The van der Waals surface area contributed by atoms with E-state index in [9.17, 15) is 14.7 Å². The highest BCUT2D eigenvalue weighted by molar-refractivity contribution is 5.92. The van der Waals surface area contributed by atoms with E-state index in [0.717, 1.165) is 5.56 Å². The highest BCUT2D eigenvalue weighted by atomic mass is 16.5. The number of aromatic hydroxyl groups is 1.